The van der Waals surface area contributed by atoms with E-state index in [1.807, 2.05) is 0 Å². The van der Waals surface area contributed by atoms with Crippen LogP contribution in [-0.4, -0.2) is 56.4 Å². The Hall–Kier alpha value is -1.75. The van der Waals surface area contributed by atoms with Crippen LogP contribution in [0.4, 0.5) is 5.69 Å². The smallest absolute Gasteiger partial charge is 0.338 e. The predicted molar refractivity (Wildman–Crippen MR) is 102 cm³/mol. The number of nitrogens with one attached hydrogen (secondary N) is 1. The van der Waals surface area contributed by atoms with Gasteiger partial charge in [0.25, 0.3) is 5.69 Å². The summed E-state index contributed by atoms with van der Waals surface area (Å²) < 4.78 is 32.1. The monoisotopic (exact) mass is 421 g/mol. The molecule has 9 nitrogen and oxygen atoms in total. The first kappa shape index (κ1) is 23.3. The molecular formula is C16H24ClN3O6S. The number of nitro benzene ring substituents is 1. The second-order valence-electron chi connectivity index (χ2n) is 6.09. The van der Waals surface area contributed by atoms with Gasteiger partial charge in [0.1, 0.15) is 0 Å². The maximum absolute atomic E-state index is 13.0. The molecule has 1 fully saturated rings. The van der Waals surface area contributed by atoms with E-state index in [4.69, 9.17) is 4.74 Å². The zero-order valence-corrected chi connectivity index (χ0v) is 17.1. The Bertz CT molecular complexity index is 809. The standard InChI is InChI=1S/C16H23N3O6S.ClH/c1-4-25-16(20)14-9-13(10-15(11(14)2)19(21)22)26(23,24)18(3)12-5-7-17-8-6-12;/h9-10,12,17H,4-8H2,1-3H3;1H. The average Bonchev–Trinajstić information content (AvgIpc) is 2.61. The number of piperidine rings is 1. The third-order valence-corrected chi connectivity index (χ3v) is 6.43. The highest BCUT2D eigenvalue weighted by atomic mass is 35.5. The highest BCUT2D eigenvalue weighted by Crippen LogP contribution is 2.29. The lowest BCUT2D eigenvalue weighted by atomic mass is 10.1. The van der Waals surface area contributed by atoms with Gasteiger partial charge in [-0.2, -0.15) is 4.31 Å². The molecule has 0 spiro atoms. The van der Waals surface area contributed by atoms with E-state index in [0.29, 0.717) is 25.9 Å². The molecule has 0 saturated carbocycles. The van der Waals surface area contributed by atoms with Crippen molar-refractivity contribution in [2.75, 3.05) is 26.7 Å². The molecule has 0 amide bonds. The Balaban J connectivity index is 0.00000364. The Morgan fingerprint density at radius 3 is 2.48 bits per heavy atom. The fourth-order valence-corrected chi connectivity index (χ4v) is 4.43. The summed E-state index contributed by atoms with van der Waals surface area (Å²) >= 11 is 0. The number of halogens is 1. The highest BCUT2D eigenvalue weighted by Gasteiger charge is 2.32. The van der Waals surface area contributed by atoms with Crippen molar-refractivity contribution in [1.82, 2.24) is 9.62 Å². The number of nitrogens with zero attached hydrogens (tertiary/aromatic N) is 2. The summed E-state index contributed by atoms with van der Waals surface area (Å²) in [7, 11) is -2.53. The summed E-state index contributed by atoms with van der Waals surface area (Å²) in [4.78, 5) is 22.5. The van der Waals surface area contributed by atoms with Crippen LogP contribution in [0.2, 0.25) is 0 Å². The summed E-state index contributed by atoms with van der Waals surface area (Å²) in [5, 5.41) is 14.5. The van der Waals surface area contributed by atoms with Gasteiger partial charge in [0.2, 0.25) is 10.0 Å². The molecular weight excluding hydrogens is 398 g/mol. The molecule has 0 bridgehead atoms. The van der Waals surface area contributed by atoms with Crippen LogP contribution in [0.25, 0.3) is 0 Å². The van der Waals surface area contributed by atoms with E-state index in [-0.39, 0.29) is 41.1 Å². The van der Waals surface area contributed by atoms with Crippen LogP contribution in [0.1, 0.15) is 35.7 Å². The Kier molecular flexibility index (Phi) is 8.15. The van der Waals surface area contributed by atoms with Crippen molar-refractivity contribution in [1.29, 1.82) is 0 Å². The van der Waals surface area contributed by atoms with Crippen LogP contribution < -0.4 is 5.32 Å². The first-order chi connectivity index (χ1) is 12.2. The van der Waals surface area contributed by atoms with E-state index in [9.17, 15) is 23.3 Å². The van der Waals surface area contributed by atoms with Crippen LogP contribution in [0, 0.1) is 17.0 Å². The minimum atomic E-state index is -3.99. The van der Waals surface area contributed by atoms with E-state index in [0.717, 1.165) is 12.1 Å². The van der Waals surface area contributed by atoms with Gasteiger partial charge in [0.15, 0.2) is 0 Å². The van der Waals surface area contributed by atoms with Crippen molar-refractivity contribution >= 4 is 34.1 Å². The van der Waals surface area contributed by atoms with Gasteiger partial charge in [-0.1, -0.05) is 0 Å². The topological polar surface area (TPSA) is 119 Å². The summed E-state index contributed by atoms with van der Waals surface area (Å²) in [5.41, 5.74) is -0.455. The van der Waals surface area contributed by atoms with E-state index in [2.05, 4.69) is 5.32 Å². The van der Waals surface area contributed by atoms with Crippen LogP contribution in [-0.2, 0) is 14.8 Å². The number of carbonyl (C=O) groups excluding carboxylic acids is 1. The number of benzene rings is 1. The summed E-state index contributed by atoms with van der Waals surface area (Å²) in [5.74, 6) is -0.783. The van der Waals surface area contributed by atoms with Gasteiger partial charge < -0.3 is 10.1 Å². The molecule has 2 rings (SSSR count). The van der Waals surface area contributed by atoms with Crippen molar-refractivity contribution in [3.8, 4) is 0 Å². The van der Waals surface area contributed by atoms with Crippen LogP contribution in [0.5, 0.6) is 0 Å². The Labute approximate surface area is 164 Å². The lowest BCUT2D eigenvalue weighted by Gasteiger charge is -2.30. The summed E-state index contributed by atoms with van der Waals surface area (Å²) in [6, 6.07) is 1.96. The molecule has 27 heavy (non-hydrogen) atoms. The lowest BCUT2D eigenvalue weighted by Crippen LogP contribution is -2.43. The number of carbonyl (C=O) groups is 1. The molecule has 1 aliphatic heterocycles. The highest BCUT2D eigenvalue weighted by molar-refractivity contribution is 7.89. The Morgan fingerprint density at radius 1 is 1.37 bits per heavy atom. The van der Waals surface area contributed by atoms with Crippen molar-refractivity contribution in [3.05, 3.63) is 33.4 Å². The van der Waals surface area contributed by atoms with Gasteiger partial charge in [0, 0.05) is 24.7 Å². The molecule has 1 saturated heterocycles. The number of rotatable bonds is 6. The largest absolute Gasteiger partial charge is 0.462 e. The van der Waals surface area contributed by atoms with Crippen LogP contribution in [0.15, 0.2) is 17.0 Å². The fourth-order valence-electron chi connectivity index (χ4n) is 2.97. The second-order valence-corrected chi connectivity index (χ2v) is 8.09. The van der Waals surface area contributed by atoms with E-state index in [1.165, 1.54) is 18.3 Å². The summed E-state index contributed by atoms with van der Waals surface area (Å²) in [6.07, 6.45) is 1.29. The first-order valence-corrected chi connectivity index (χ1v) is 9.79. The normalized spacial score (nSPS) is 15.3. The number of hydrogen-bond donors (Lipinski definition) is 1. The zero-order valence-electron chi connectivity index (χ0n) is 15.4. The van der Waals surface area contributed by atoms with E-state index >= 15 is 0 Å². The zero-order chi connectivity index (χ0) is 19.5. The molecule has 0 atom stereocenters. The number of sulfonamides is 1. The SMILES string of the molecule is CCOC(=O)c1cc(S(=O)(=O)N(C)C2CCNCC2)cc([N+](=O)[O-])c1C.Cl. The van der Waals surface area contributed by atoms with Gasteiger partial charge in [0.05, 0.1) is 22.0 Å². The molecule has 0 aliphatic carbocycles. The number of hydrogen-bond acceptors (Lipinski definition) is 7. The van der Waals surface area contributed by atoms with Gasteiger partial charge in [-0.05, 0) is 45.8 Å². The van der Waals surface area contributed by atoms with Gasteiger partial charge in [-0.25, -0.2) is 13.2 Å². The lowest BCUT2D eigenvalue weighted by molar-refractivity contribution is -0.385. The third-order valence-electron chi connectivity index (χ3n) is 4.55. The van der Waals surface area contributed by atoms with Crippen molar-refractivity contribution < 1.29 is 22.9 Å². The maximum atomic E-state index is 13.0. The fraction of sp³-hybridized carbons (Fsp3) is 0.562. The minimum Gasteiger partial charge on any atom is -0.462 e. The first-order valence-electron chi connectivity index (χ1n) is 8.35. The van der Waals surface area contributed by atoms with Crippen molar-refractivity contribution in [3.63, 3.8) is 0 Å². The summed E-state index contributed by atoms with van der Waals surface area (Å²) in [6.45, 7) is 4.49. The number of esters is 1. The van der Waals surface area contributed by atoms with E-state index < -0.39 is 26.6 Å². The quantitative estimate of drug-likeness (QED) is 0.423. The third kappa shape index (κ3) is 4.95. The Morgan fingerprint density at radius 2 is 1.96 bits per heavy atom. The second kappa shape index (κ2) is 9.45. The van der Waals surface area contributed by atoms with Crippen molar-refractivity contribution in [2.24, 2.45) is 0 Å². The average molecular weight is 422 g/mol. The van der Waals surface area contributed by atoms with Crippen LogP contribution >= 0.6 is 12.4 Å². The number of nitro groups is 1. The molecule has 0 unspecified atom stereocenters. The number of ether oxygens (including phenoxy) is 1. The molecule has 11 heteroatoms. The van der Waals surface area contributed by atoms with Gasteiger partial charge in [-0.3, -0.25) is 10.1 Å². The maximum Gasteiger partial charge on any atom is 0.338 e. The molecule has 1 aliphatic rings. The molecule has 1 aromatic rings. The molecule has 1 heterocycles. The molecule has 1 N–H and O–H groups in total. The van der Waals surface area contributed by atoms with Crippen LogP contribution in [0.3, 0.4) is 0 Å². The molecule has 1 aromatic carbocycles. The predicted octanol–water partition coefficient (Wildman–Crippen LogP) is 1.87. The minimum absolute atomic E-state index is 0. The molecule has 0 aromatic heterocycles. The van der Waals surface area contributed by atoms with Crippen molar-refractivity contribution in [2.45, 2.75) is 37.6 Å². The molecule has 152 valence electrons. The van der Waals surface area contributed by atoms with Gasteiger partial charge >= 0.3 is 5.97 Å². The van der Waals surface area contributed by atoms with Gasteiger partial charge in [-0.15, -0.1) is 12.4 Å². The molecule has 0 radical (unpaired) electrons. The van der Waals surface area contributed by atoms with E-state index in [1.54, 1.807) is 6.92 Å².